The predicted molar refractivity (Wildman–Crippen MR) is 103 cm³/mol. The lowest BCUT2D eigenvalue weighted by atomic mass is 10.1. The van der Waals surface area contributed by atoms with Crippen molar-refractivity contribution < 1.29 is 13.7 Å². The number of carbonyl (C=O) groups is 1. The van der Waals surface area contributed by atoms with E-state index in [0.717, 1.165) is 21.6 Å². The van der Waals surface area contributed by atoms with Gasteiger partial charge in [-0.05, 0) is 40.2 Å². The molecule has 0 aliphatic heterocycles. The molecule has 130 valence electrons. The Morgan fingerprint density at radius 3 is 2.62 bits per heavy atom. The Hall–Kier alpha value is -2.30. The van der Waals surface area contributed by atoms with E-state index >= 15 is 0 Å². The van der Waals surface area contributed by atoms with Crippen molar-refractivity contribution in [2.45, 2.75) is 0 Å². The molecule has 3 aromatic heterocycles. The van der Waals surface area contributed by atoms with Crippen molar-refractivity contribution in [1.29, 1.82) is 0 Å². The number of nitrogens with one attached hydrogen (secondary N) is 1. The lowest BCUT2D eigenvalue weighted by Crippen LogP contribution is -2.11. The first kappa shape index (κ1) is 17.1. The van der Waals surface area contributed by atoms with Crippen LogP contribution < -0.4 is 5.32 Å². The molecule has 0 fully saturated rings. The molecule has 0 unspecified atom stereocenters. The highest BCUT2D eigenvalue weighted by molar-refractivity contribution is 9.10. The van der Waals surface area contributed by atoms with Crippen LogP contribution in [0.15, 0.2) is 60.5 Å². The molecule has 0 spiro atoms. The van der Waals surface area contributed by atoms with Crippen LogP contribution in [0.3, 0.4) is 0 Å². The molecule has 4 rings (SSSR count). The number of hydrogen-bond donors (Lipinski definition) is 1. The lowest BCUT2D eigenvalue weighted by Gasteiger charge is -1.95. The van der Waals surface area contributed by atoms with Crippen LogP contribution >= 0.6 is 43.4 Å². The number of benzene rings is 1. The summed E-state index contributed by atoms with van der Waals surface area (Å²) in [5.41, 5.74) is 0.974. The van der Waals surface area contributed by atoms with Gasteiger partial charge in [-0.2, -0.15) is 9.36 Å². The second kappa shape index (κ2) is 7.14. The molecule has 0 aliphatic carbocycles. The highest BCUT2D eigenvalue weighted by Crippen LogP contribution is 2.26. The number of aromatic nitrogens is 3. The SMILES string of the molecule is O=C(Nc1nc(-c2ccc(Br)o2)ns1)c1cc(-c2ccc(Br)cc2)on1. The van der Waals surface area contributed by atoms with E-state index in [0.29, 0.717) is 27.1 Å². The van der Waals surface area contributed by atoms with Gasteiger partial charge in [0.1, 0.15) is 0 Å². The van der Waals surface area contributed by atoms with E-state index in [1.165, 1.54) is 0 Å². The topological polar surface area (TPSA) is 94.1 Å². The number of halogens is 2. The number of hydrogen-bond acceptors (Lipinski definition) is 7. The first-order valence-corrected chi connectivity index (χ1v) is 9.58. The van der Waals surface area contributed by atoms with Gasteiger partial charge in [-0.1, -0.05) is 33.2 Å². The first-order valence-electron chi connectivity index (χ1n) is 7.22. The fraction of sp³-hybridized carbons (Fsp3) is 0. The minimum atomic E-state index is -0.430. The maximum atomic E-state index is 12.3. The van der Waals surface area contributed by atoms with Crippen LogP contribution in [-0.2, 0) is 0 Å². The van der Waals surface area contributed by atoms with Crippen LogP contribution in [0.25, 0.3) is 22.9 Å². The van der Waals surface area contributed by atoms with Crippen molar-refractivity contribution in [1.82, 2.24) is 14.5 Å². The normalized spacial score (nSPS) is 10.8. The van der Waals surface area contributed by atoms with Gasteiger partial charge in [0.25, 0.3) is 5.91 Å². The molecule has 26 heavy (non-hydrogen) atoms. The van der Waals surface area contributed by atoms with Gasteiger partial charge in [0, 0.05) is 27.6 Å². The third-order valence-electron chi connectivity index (χ3n) is 3.31. The van der Waals surface area contributed by atoms with E-state index in [4.69, 9.17) is 8.94 Å². The van der Waals surface area contributed by atoms with Gasteiger partial charge < -0.3 is 8.94 Å². The Labute approximate surface area is 167 Å². The van der Waals surface area contributed by atoms with E-state index in [1.54, 1.807) is 18.2 Å². The van der Waals surface area contributed by atoms with E-state index in [9.17, 15) is 4.79 Å². The molecular weight excluding hydrogens is 488 g/mol. The number of amides is 1. The standard InChI is InChI=1S/C16H8Br2N4O3S/c17-9-3-1-8(2-4-9)12-7-10(21-25-12)15(23)20-16-19-14(22-26-16)11-5-6-13(18)24-11/h1-7H,(H,19,20,22,23). The Morgan fingerprint density at radius 2 is 1.88 bits per heavy atom. The summed E-state index contributed by atoms with van der Waals surface area (Å²) in [6, 6.07) is 12.5. The number of furan rings is 1. The Balaban J connectivity index is 1.49. The molecule has 10 heteroatoms. The molecule has 1 aromatic carbocycles. The van der Waals surface area contributed by atoms with E-state index in [-0.39, 0.29) is 5.69 Å². The number of anilines is 1. The predicted octanol–water partition coefficient (Wildman–Crippen LogP) is 5.23. The van der Waals surface area contributed by atoms with Gasteiger partial charge in [-0.15, -0.1) is 0 Å². The summed E-state index contributed by atoms with van der Waals surface area (Å²) in [6.45, 7) is 0. The van der Waals surface area contributed by atoms with Gasteiger partial charge in [0.15, 0.2) is 21.9 Å². The Kier molecular flexibility index (Phi) is 4.70. The Morgan fingerprint density at radius 1 is 1.08 bits per heavy atom. The molecule has 0 radical (unpaired) electrons. The van der Waals surface area contributed by atoms with Crippen molar-refractivity contribution in [3.8, 4) is 22.9 Å². The molecule has 1 amide bonds. The molecule has 0 saturated carbocycles. The van der Waals surface area contributed by atoms with Crippen LogP contribution in [-0.4, -0.2) is 20.4 Å². The summed E-state index contributed by atoms with van der Waals surface area (Å²) in [4.78, 5) is 16.6. The van der Waals surface area contributed by atoms with Crippen molar-refractivity contribution in [3.05, 3.63) is 57.3 Å². The van der Waals surface area contributed by atoms with Gasteiger partial charge in [0.2, 0.25) is 11.0 Å². The first-order chi connectivity index (χ1) is 12.6. The van der Waals surface area contributed by atoms with E-state index < -0.39 is 5.91 Å². The highest BCUT2D eigenvalue weighted by Gasteiger charge is 2.17. The maximum absolute atomic E-state index is 12.3. The third-order valence-corrected chi connectivity index (χ3v) is 4.90. The van der Waals surface area contributed by atoms with Crippen molar-refractivity contribution in [3.63, 3.8) is 0 Å². The van der Waals surface area contributed by atoms with Crippen molar-refractivity contribution >= 4 is 54.4 Å². The average Bonchev–Trinajstić information content (AvgIpc) is 3.35. The van der Waals surface area contributed by atoms with Crippen LogP contribution in [0.2, 0.25) is 0 Å². The Bertz CT molecular complexity index is 1070. The van der Waals surface area contributed by atoms with E-state index in [2.05, 4.69) is 51.7 Å². The average molecular weight is 496 g/mol. The van der Waals surface area contributed by atoms with Crippen LogP contribution in [0.5, 0.6) is 0 Å². The minimum Gasteiger partial charge on any atom is -0.446 e. The number of rotatable bonds is 4. The summed E-state index contributed by atoms with van der Waals surface area (Å²) in [5, 5.41) is 6.80. The molecule has 7 nitrogen and oxygen atoms in total. The van der Waals surface area contributed by atoms with Crippen LogP contribution in [0, 0.1) is 0 Å². The van der Waals surface area contributed by atoms with Crippen LogP contribution in [0.4, 0.5) is 5.13 Å². The van der Waals surface area contributed by atoms with Gasteiger partial charge in [-0.3, -0.25) is 10.1 Å². The molecule has 0 atom stereocenters. The maximum Gasteiger partial charge on any atom is 0.279 e. The van der Waals surface area contributed by atoms with Gasteiger partial charge in [-0.25, -0.2) is 0 Å². The molecule has 3 heterocycles. The van der Waals surface area contributed by atoms with Crippen molar-refractivity contribution in [2.75, 3.05) is 5.32 Å². The summed E-state index contributed by atoms with van der Waals surface area (Å²) in [5.74, 6) is 0.973. The third kappa shape index (κ3) is 3.62. The number of carbonyl (C=O) groups excluding carboxylic acids is 1. The van der Waals surface area contributed by atoms with Gasteiger partial charge in [0.05, 0.1) is 0 Å². The summed E-state index contributed by atoms with van der Waals surface area (Å²) in [6.07, 6.45) is 0. The second-order valence-electron chi connectivity index (χ2n) is 5.06. The largest absolute Gasteiger partial charge is 0.446 e. The minimum absolute atomic E-state index is 0.153. The fourth-order valence-corrected chi connectivity index (χ4v) is 3.24. The lowest BCUT2D eigenvalue weighted by molar-refractivity contribution is 0.101. The zero-order valence-electron chi connectivity index (χ0n) is 12.8. The number of nitrogens with zero attached hydrogens (tertiary/aromatic N) is 3. The second-order valence-corrected chi connectivity index (χ2v) is 7.51. The zero-order valence-corrected chi connectivity index (χ0v) is 16.8. The molecular formula is C16H8Br2N4O3S. The summed E-state index contributed by atoms with van der Waals surface area (Å²) >= 11 is 7.64. The molecule has 0 aliphatic rings. The highest BCUT2D eigenvalue weighted by atomic mass is 79.9. The molecule has 4 aromatic rings. The summed E-state index contributed by atoms with van der Waals surface area (Å²) < 4.78 is 16.3. The monoisotopic (exact) mass is 494 g/mol. The van der Waals surface area contributed by atoms with E-state index in [1.807, 2.05) is 24.3 Å². The molecule has 0 saturated heterocycles. The molecule has 1 N–H and O–H groups in total. The zero-order chi connectivity index (χ0) is 18.1. The van der Waals surface area contributed by atoms with Gasteiger partial charge >= 0.3 is 0 Å². The summed E-state index contributed by atoms with van der Waals surface area (Å²) in [7, 11) is 0. The molecule has 0 bridgehead atoms. The van der Waals surface area contributed by atoms with Crippen molar-refractivity contribution in [2.24, 2.45) is 0 Å². The fourth-order valence-electron chi connectivity index (χ4n) is 2.10. The quantitative estimate of drug-likeness (QED) is 0.416. The smallest absolute Gasteiger partial charge is 0.279 e. The van der Waals surface area contributed by atoms with Crippen LogP contribution in [0.1, 0.15) is 10.5 Å².